The average Bonchev–Trinajstić information content (AvgIpc) is 3.23. The summed E-state index contributed by atoms with van der Waals surface area (Å²) in [7, 11) is 0. The van der Waals surface area contributed by atoms with Gasteiger partial charge in [0, 0.05) is 19.1 Å². The molecule has 2 aliphatic rings. The first-order valence-corrected chi connectivity index (χ1v) is 6.62. The van der Waals surface area contributed by atoms with Gasteiger partial charge in [0.2, 0.25) is 0 Å². The smallest absolute Gasteiger partial charge is 0.123 e. The topological polar surface area (TPSA) is 38.5 Å². The van der Waals surface area contributed by atoms with Crippen molar-refractivity contribution in [3.63, 3.8) is 0 Å². The fraction of sp³-hybridized carbons (Fsp3) is 0.571. The second kappa shape index (κ2) is 4.96. The number of rotatable bonds is 3. The number of nitrogens with two attached hydrogens (primary N) is 1. The van der Waals surface area contributed by atoms with Gasteiger partial charge in [0.25, 0.3) is 0 Å². The average molecular weight is 250 g/mol. The van der Waals surface area contributed by atoms with Crippen molar-refractivity contribution < 1.29 is 9.13 Å². The van der Waals surface area contributed by atoms with Crippen molar-refractivity contribution >= 4 is 0 Å². The lowest BCUT2D eigenvalue weighted by Crippen LogP contribution is -2.49. The van der Waals surface area contributed by atoms with Crippen LogP contribution >= 0.6 is 0 Å². The first-order chi connectivity index (χ1) is 8.79. The fourth-order valence-corrected chi connectivity index (χ4v) is 2.83. The molecule has 0 spiro atoms. The standard InChI is InChI=1S/C14H19FN2O/c15-11-3-1-10(2-4-11)14-13(9-16)18-8-7-17(14)12-5-6-12/h1-4,12-14H,5-9,16H2. The largest absolute Gasteiger partial charge is 0.374 e. The van der Waals surface area contributed by atoms with Crippen molar-refractivity contribution in [1.29, 1.82) is 0 Å². The van der Waals surface area contributed by atoms with E-state index in [1.165, 1.54) is 25.0 Å². The van der Waals surface area contributed by atoms with Gasteiger partial charge in [0.1, 0.15) is 5.82 Å². The highest BCUT2D eigenvalue weighted by Gasteiger charge is 2.40. The van der Waals surface area contributed by atoms with Crippen molar-refractivity contribution in [2.45, 2.75) is 31.0 Å². The Labute approximate surface area is 107 Å². The molecule has 1 aliphatic heterocycles. The van der Waals surface area contributed by atoms with Crippen LogP contribution in [0, 0.1) is 5.82 Å². The van der Waals surface area contributed by atoms with Gasteiger partial charge in [-0.1, -0.05) is 12.1 Å². The van der Waals surface area contributed by atoms with E-state index in [1.807, 2.05) is 12.1 Å². The number of nitrogens with zero attached hydrogens (tertiary/aromatic N) is 1. The van der Waals surface area contributed by atoms with Crippen LogP contribution in [-0.2, 0) is 4.74 Å². The van der Waals surface area contributed by atoms with Gasteiger partial charge in [-0.15, -0.1) is 0 Å². The zero-order valence-corrected chi connectivity index (χ0v) is 10.4. The zero-order chi connectivity index (χ0) is 12.5. The Hall–Kier alpha value is -0.970. The molecule has 1 heterocycles. The fourth-order valence-electron chi connectivity index (χ4n) is 2.83. The first-order valence-electron chi connectivity index (χ1n) is 6.62. The van der Waals surface area contributed by atoms with Crippen LogP contribution in [0.5, 0.6) is 0 Å². The Morgan fingerprint density at radius 1 is 1.28 bits per heavy atom. The third-order valence-electron chi connectivity index (χ3n) is 3.85. The lowest BCUT2D eigenvalue weighted by molar-refractivity contribution is -0.0712. The number of morpholine rings is 1. The molecular weight excluding hydrogens is 231 g/mol. The van der Waals surface area contributed by atoms with Crippen molar-refractivity contribution in [2.24, 2.45) is 5.73 Å². The highest BCUT2D eigenvalue weighted by molar-refractivity contribution is 5.22. The second-order valence-corrected chi connectivity index (χ2v) is 5.11. The predicted octanol–water partition coefficient (Wildman–Crippen LogP) is 1.69. The van der Waals surface area contributed by atoms with Gasteiger partial charge in [0.15, 0.2) is 0 Å². The van der Waals surface area contributed by atoms with E-state index in [0.717, 1.165) is 18.7 Å². The van der Waals surface area contributed by atoms with Gasteiger partial charge >= 0.3 is 0 Å². The molecule has 3 rings (SSSR count). The van der Waals surface area contributed by atoms with Gasteiger partial charge in [-0.05, 0) is 30.5 Å². The molecule has 0 radical (unpaired) electrons. The van der Waals surface area contributed by atoms with Gasteiger partial charge in [-0.25, -0.2) is 4.39 Å². The van der Waals surface area contributed by atoms with E-state index in [9.17, 15) is 4.39 Å². The van der Waals surface area contributed by atoms with E-state index in [0.29, 0.717) is 12.6 Å². The van der Waals surface area contributed by atoms with Crippen molar-refractivity contribution in [2.75, 3.05) is 19.7 Å². The molecule has 1 aromatic carbocycles. The Bertz CT molecular complexity index is 405. The summed E-state index contributed by atoms with van der Waals surface area (Å²) in [5.41, 5.74) is 6.93. The minimum atomic E-state index is -0.197. The summed E-state index contributed by atoms with van der Waals surface area (Å²) in [6, 6.07) is 7.58. The van der Waals surface area contributed by atoms with Crippen LogP contribution in [0.25, 0.3) is 0 Å². The molecule has 18 heavy (non-hydrogen) atoms. The Morgan fingerprint density at radius 2 is 2.00 bits per heavy atom. The summed E-state index contributed by atoms with van der Waals surface area (Å²) >= 11 is 0. The molecule has 0 aromatic heterocycles. The highest BCUT2D eigenvalue weighted by atomic mass is 19.1. The number of hydrogen-bond acceptors (Lipinski definition) is 3. The van der Waals surface area contributed by atoms with Crippen LogP contribution in [0.3, 0.4) is 0 Å². The van der Waals surface area contributed by atoms with Gasteiger partial charge < -0.3 is 10.5 Å². The van der Waals surface area contributed by atoms with Crippen molar-refractivity contribution in [3.8, 4) is 0 Å². The minimum Gasteiger partial charge on any atom is -0.374 e. The molecule has 2 fully saturated rings. The van der Waals surface area contributed by atoms with Gasteiger partial charge in [-0.2, -0.15) is 0 Å². The van der Waals surface area contributed by atoms with E-state index in [-0.39, 0.29) is 18.0 Å². The van der Waals surface area contributed by atoms with E-state index < -0.39 is 0 Å². The summed E-state index contributed by atoms with van der Waals surface area (Å²) in [5.74, 6) is -0.197. The number of ether oxygens (including phenoxy) is 1. The maximum Gasteiger partial charge on any atom is 0.123 e. The first kappa shape index (κ1) is 12.1. The molecule has 98 valence electrons. The van der Waals surface area contributed by atoms with E-state index in [1.54, 1.807) is 0 Å². The van der Waals surface area contributed by atoms with E-state index in [2.05, 4.69) is 4.90 Å². The molecule has 1 aromatic rings. The summed E-state index contributed by atoms with van der Waals surface area (Å²) in [6.07, 6.45) is 2.54. The lowest BCUT2D eigenvalue weighted by atomic mass is 9.97. The molecule has 1 saturated carbocycles. The summed E-state index contributed by atoms with van der Waals surface area (Å²) in [6.45, 7) is 2.20. The van der Waals surface area contributed by atoms with Crippen molar-refractivity contribution in [3.05, 3.63) is 35.6 Å². The Morgan fingerprint density at radius 3 is 2.61 bits per heavy atom. The van der Waals surface area contributed by atoms with Crippen LogP contribution in [0.1, 0.15) is 24.4 Å². The van der Waals surface area contributed by atoms with Crippen molar-refractivity contribution in [1.82, 2.24) is 4.90 Å². The molecule has 0 amide bonds. The summed E-state index contributed by atoms with van der Waals surface area (Å²) < 4.78 is 18.8. The number of hydrogen-bond donors (Lipinski definition) is 1. The lowest BCUT2D eigenvalue weighted by Gasteiger charge is -2.41. The molecule has 1 saturated heterocycles. The molecule has 2 atom stereocenters. The van der Waals surface area contributed by atoms with Crippen LogP contribution in [-0.4, -0.2) is 36.7 Å². The third kappa shape index (κ3) is 2.28. The molecule has 1 aliphatic carbocycles. The molecular formula is C14H19FN2O. The zero-order valence-electron chi connectivity index (χ0n) is 10.4. The third-order valence-corrected chi connectivity index (χ3v) is 3.85. The molecule has 4 heteroatoms. The molecule has 2 unspecified atom stereocenters. The number of halogens is 1. The van der Waals surface area contributed by atoms with E-state index >= 15 is 0 Å². The Balaban J connectivity index is 1.89. The van der Waals surface area contributed by atoms with E-state index in [4.69, 9.17) is 10.5 Å². The number of benzene rings is 1. The molecule has 3 nitrogen and oxygen atoms in total. The molecule has 2 N–H and O–H groups in total. The predicted molar refractivity (Wildman–Crippen MR) is 67.7 cm³/mol. The minimum absolute atomic E-state index is 0.0183. The van der Waals surface area contributed by atoms with Crippen LogP contribution < -0.4 is 5.73 Å². The van der Waals surface area contributed by atoms with Gasteiger partial charge in [-0.3, -0.25) is 4.90 Å². The maximum atomic E-state index is 13.0. The normalized spacial score (nSPS) is 29.4. The highest BCUT2D eigenvalue weighted by Crippen LogP contribution is 2.38. The monoisotopic (exact) mass is 250 g/mol. The molecule has 0 bridgehead atoms. The summed E-state index contributed by atoms with van der Waals surface area (Å²) in [5, 5.41) is 0. The van der Waals surface area contributed by atoms with Gasteiger partial charge in [0.05, 0.1) is 18.8 Å². The summed E-state index contributed by atoms with van der Waals surface area (Å²) in [4.78, 5) is 2.48. The second-order valence-electron chi connectivity index (χ2n) is 5.11. The Kier molecular flexibility index (Phi) is 3.33. The van der Waals surface area contributed by atoms with Crippen LogP contribution in [0.4, 0.5) is 4.39 Å². The quantitative estimate of drug-likeness (QED) is 0.887. The maximum absolute atomic E-state index is 13.0. The SMILES string of the molecule is NCC1OCCN(C2CC2)C1c1ccc(F)cc1. The van der Waals surface area contributed by atoms with Crippen LogP contribution in [0.15, 0.2) is 24.3 Å². The van der Waals surface area contributed by atoms with Crippen LogP contribution in [0.2, 0.25) is 0 Å².